The zero-order valence-electron chi connectivity index (χ0n) is 11.1. The summed E-state index contributed by atoms with van der Waals surface area (Å²) in [5.74, 6) is 0.227. The Kier molecular flexibility index (Phi) is 4.04. The predicted octanol–water partition coefficient (Wildman–Crippen LogP) is 3.58. The van der Waals surface area contributed by atoms with Crippen LogP contribution in [0.4, 0.5) is 0 Å². The van der Waals surface area contributed by atoms with Gasteiger partial charge in [0.25, 0.3) is 5.91 Å². The fourth-order valence-corrected chi connectivity index (χ4v) is 2.34. The second-order valence-electron chi connectivity index (χ2n) is 4.44. The van der Waals surface area contributed by atoms with E-state index in [4.69, 9.17) is 4.42 Å². The number of aryl methyl sites for hydroxylation is 1. The van der Waals surface area contributed by atoms with Crippen LogP contribution in [-0.2, 0) is 0 Å². The maximum atomic E-state index is 12.4. The minimum Gasteiger partial charge on any atom is -0.444 e. The van der Waals surface area contributed by atoms with Crippen molar-refractivity contribution in [3.63, 3.8) is 0 Å². The van der Waals surface area contributed by atoms with Gasteiger partial charge < -0.3 is 9.32 Å². The summed E-state index contributed by atoms with van der Waals surface area (Å²) in [6.45, 7) is 3.81. The number of rotatable bonds is 3. The normalized spacial score (nSPS) is 12.2. The number of carbonyl (C=O) groups is 1. The summed E-state index contributed by atoms with van der Waals surface area (Å²) in [7, 11) is 1.76. The van der Waals surface area contributed by atoms with Crippen molar-refractivity contribution in [2.45, 2.75) is 19.9 Å². The van der Waals surface area contributed by atoms with E-state index in [0.29, 0.717) is 10.4 Å². The third-order valence-corrected chi connectivity index (χ3v) is 3.54. The van der Waals surface area contributed by atoms with Crippen molar-refractivity contribution in [1.82, 2.24) is 9.88 Å². The van der Waals surface area contributed by atoms with Crippen molar-refractivity contribution in [2.75, 3.05) is 7.05 Å². The van der Waals surface area contributed by atoms with Crippen molar-refractivity contribution in [2.24, 2.45) is 0 Å². The molecule has 0 aromatic carbocycles. The van der Waals surface area contributed by atoms with Crippen molar-refractivity contribution in [3.05, 3.63) is 52.1 Å². The van der Waals surface area contributed by atoms with Gasteiger partial charge in [0, 0.05) is 25.0 Å². The fraction of sp³-hybridized carbons (Fsp3) is 0.286. The van der Waals surface area contributed by atoms with Gasteiger partial charge in [-0.2, -0.15) is 0 Å². The molecule has 1 atom stereocenters. The van der Waals surface area contributed by atoms with Gasteiger partial charge in [-0.1, -0.05) is 6.07 Å². The third kappa shape index (κ3) is 2.87. The Morgan fingerprint density at radius 3 is 2.79 bits per heavy atom. The Bertz CT molecular complexity index is 580. The highest BCUT2D eigenvalue weighted by Gasteiger charge is 2.23. The van der Waals surface area contributed by atoms with Gasteiger partial charge in [-0.15, -0.1) is 0 Å². The maximum Gasteiger partial charge on any atom is 0.290 e. The van der Waals surface area contributed by atoms with Crippen molar-refractivity contribution >= 4 is 21.8 Å². The molecule has 0 aliphatic heterocycles. The summed E-state index contributed by atoms with van der Waals surface area (Å²) >= 11 is 3.23. The second kappa shape index (κ2) is 5.57. The van der Waals surface area contributed by atoms with Crippen LogP contribution in [0, 0.1) is 6.92 Å². The third-order valence-electron chi connectivity index (χ3n) is 3.15. The molecule has 19 heavy (non-hydrogen) atoms. The summed E-state index contributed by atoms with van der Waals surface area (Å²) < 4.78 is 5.96. The van der Waals surface area contributed by atoms with Crippen LogP contribution < -0.4 is 0 Å². The molecule has 2 rings (SSSR count). The zero-order valence-corrected chi connectivity index (χ0v) is 12.6. The summed E-state index contributed by atoms with van der Waals surface area (Å²) in [4.78, 5) is 18.1. The average Bonchev–Trinajstić information content (AvgIpc) is 2.76. The van der Waals surface area contributed by atoms with Gasteiger partial charge in [0.05, 0.1) is 6.04 Å². The molecule has 2 aromatic rings. The molecular formula is C14H15BrN2O2. The van der Waals surface area contributed by atoms with E-state index in [1.54, 1.807) is 30.4 Å². The number of amides is 1. The van der Waals surface area contributed by atoms with Crippen LogP contribution in [0.25, 0.3) is 0 Å². The van der Waals surface area contributed by atoms with Gasteiger partial charge in [0.1, 0.15) is 0 Å². The summed E-state index contributed by atoms with van der Waals surface area (Å²) in [5, 5.41) is 0. The molecule has 1 amide bonds. The molecule has 2 heterocycles. The Morgan fingerprint density at radius 1 is 1.53 bits per heavy atom. The van der Waals surface area contributed by atoms with E-state index in [9.17, 15) is 4.79 Å². The first-order valence-corrected chi connectivity index (χ1v) is 6.73. The monoisotopic (exact) mass is 322 g/mol. The highest BCUT2D eigenvalue weighted by Crippen LogP contribution is 2.24. The van der Waals surface area contributed by atoms with Crippen molar-refractivity contribution in [3.8, 4) is 0 Å². The van der Waals surface area contributed by atoms with E-state index in [0.717, 1.165) is 11.1 Å². The lowest BCUT2D eigenvalue weighted by molar-refractivity contribution is 0.0708. The molecule has 0 radical (unpaired) electrons. The summed E-state index contributed by atoms with van der Waals surface area (Å²) in [5.41, 5.74) is 1.81. The quantitative estimate of drug-likeness (QED) is 0.867. The summed E-state index contributed by atoms with van der Waals surface area (Å²) in [6.07, 6.45) is 3.48. The van der Waals surface area contributed by atoms with Crippen LogP contribution in [0.15, 0.2) is 39.7 Å². The molecule has 0 spiro atoms. The number of furan rings is 1. The molecule has 0 N–H and O–H groups in total. The van der Waals surface area contributed by atoms with Crippen LogP contribution in [0.2, 0.25) is 0 Å². The molecule has 2 aromatic heterocycles. The highest BCUT2D eigenvalue weighted by molar-refractivity contribution is 9.10. The van der Waals surface area contributed by atoms with Gasteiger partial charge >= 0.3 is 0 Å². The van der Waals surface area contributed by atoms with Crippen LogP contribution >= 0.6 is 15.9 Å². The van der Waals surface area contributed by atoms with Gasteiger partial charge in [0.2, 0.25) is 0 Å². The fourth-order valence-electron chi connectivity index (χ4n) is 1.84. The number of nitrogens with zero attached hydrogens (tertiary/aromatic N) is 2. The molecule has 0 saturated carbocycles. The number of halogens is 1. The van der Waals surface area contributed by atoms with Gasteiger partial charge in [0.15, 0.2) is 10.4 Å². The predicted molar refractivity (Wildman–Crippen MR) is 75.9 cm³/mol. The van der Waals surface area contributed by atoms with E-state index in [1.807, 2.05) is 26.0 Å². The standard InChI is InChI=1S/C14H15BrN2O2/c1-9-7-12(15)19-13(9)14(18)17(3)10(2)11-5-4-6-16-8-11/h4-8,10H,1-3H3. The molecule has 0 bridgehead atoms. The van der Waals surface area contributed by atoms with Crippen molar-refractivity contribution < 1.29 is 9.21 Å². The molecule has 1 unspecified atom stereocenters. The number of carbonyl (C=O) groups excluding carboxylic acids is 1. The average molecular weight is 323 g/mol. The minimum atomic E-state index is -0.139. The number of hydrogen-bond acceptors (Lipinski definition) is 3. The van der Waals surface area contributed by atoms with Gasteiger partial charge in [-0.3, -0.25) is 9.78 Å². The van der Waals surface area contributed by atoms with E-state index in [2.05, 4.69) is 20.9 Å². The lowest BCUT2D eigenvalue weighted by atomic mass is 10.1. The molecular weight excluding hydrogens is 308 g/mol. The number of hydrogen-bond donors (Lipinski definition) is 0. The van der Waals surface area contributed by atoms with Crippen LogP contribution in [0.3, 0.4) is 0 Å². The summed E-state index contributed by atoms with van der Waals surface area (Å²) in [6, 6.07) is 5.53. The molecule has 0 saturated heterocycles. The first-order valence-electron chi connectivity index (χ1n) is 5.93. The lowest BCUT2D eigenvalue weighted by Gasteiger charge is -2.24. The smallest absolute Gasteiger partial charge is 0.290 e. The lowest BCUT2D eigenvalue weighted by Crippen LogP contribution is -2.29. The number of pyridine rings is 1. The number of aromatic nitrogens is 1. The topological polar surface area (TPSA) is 46.3 Å². The van der Waals surface area contributed by atoms with E-state index < -0.39 is 0 Å². The molecule has 0 aliphatic carbocycles. The molecule has 0 aliphatic rings. The minimum absolute atomic E-state index is 0.0653. The Morgan fingerprint density at radius 2 is 2.26 bits per heavy atom. The Hall–Kier alpha value is -1.62. The van der Waals surface area contributed by atoms with Crippen molar-refractivity contribution in [1.29, 1.82) is 0 Å². The molecule has 0 fully saturated rings. The first-order chi connectivity index (χ1) is 9.00. The van der Waals surface area contributed by atoms with Crippen LogP contribution in [0.1, 0.15) is 34.6 Å². The first kappa shape index (κ1) is 13.8. The van der Waals surface area contributed by atoms with E-state index in [-0.39, 0.29) is 11.9 Å². The van der Waals surface area contributed by atoms with E-state index >= 15 is 0 Å². The van der Waals surface area contributed by atoms with Gasteiger partial charge in [-0.25, -0.2) is 0 Å². The highest BCUT2D eigenvalue weighted by atomic mass is 79.9. The molecule has 4 nitrogen and oxygen atoms in total. The second-order valence-corrected chi connectivity index (χ2v) is 5.22. The molecule has 5 heteroatoms. The molecule has 100 valence electrons. The Labute approximate surface area is 120 Å². The Balaban J connectivity index is 2.22. The van der Waals surface area contributed by atoms with Gasteiger partial charge in [-0.05, 0) is 47.5 Å². The van der Waals surface area contributed by atoms with E-state index in [1.165, 1.54) is 0 Å². The largest absolute Gasteiger partial charge is 0.444 e. The van der Waals surface area contributed by atoms with Crippen LogP contribution in [0.5, 0.6) is 0 Å². The van der Waals surface area contributed by atoms with Crippen LogP contribution in [-0.4, -0.2) is 22.8 Å². The zero-order chi connectivity index (χ0) is 14.0. The SMILES string of the molecule is Cc1cc(Br)oc1C(=O)N(C)C(C)c1cccnc1. The maximum absolute atomic E-state index is 12.4.